The summed E-state index contributed by atoms with van der Waals surface area (Å²) in [5.74, 6) is -0.323. The maximum atomic E-state index is 12.5. The Morgan fingerprint density at radius 3 is 1.08 bits per heavy atom. The first-order chi connectivity index (χ1) is 42.2. The average Bonchev–Trinajstić information content (AvgIpc) is 3.51. The molecular formula is C61H83Cl6N10O11+. The first kappa shape index (κ1) is 81.0. The van der Waals surface area contributed by atoms with Crippen LogP contribution < -0.4 is 43.8 Å². The zero-order valence-electron chi connectivity index (χ0n) is 49.3. The van der Waals surface area contributed by atoms with Crippen LogP contribution in [0.5, 0.6) is 0 Å². The molecule has 5 amide bonds. The van der Waals surface area contributed by atoms with Crippen LogP contribution in [-0.2, 0) is 59.0 Å². The topological polar surface area (TPSA) is 298 Å². The van der Waals surface area contributed by atoms with Gasteiger partial charge in [-0.2, -0.15) is 0 Å². The highest BCUT2D eigenvalue weighted by Crippen LogP contribution is 2.20. The number of alkyl carbamates (subject to hydrolysis) is 3. The minimum atomic E-state index is -0.792. The van der Waals surface area contributed by atoms with Crippen LogP contribution in [-0.4, -0.2) is 166 Å². The standard InChI is InChI=1S/C20H28N4O3.C14H17ClN2O3.C12H16N2O2.C8H12N2.C4H5ClO2.C2H2Cl2O.CH2Cl2/c1-2-15-27-20(26)21-8-7-17-3-5-18(6-4-17)22-19(25)16-24-12-9-23(10-13-24)11-14-24;1-2-9-20-14(19)16-8-7-11-3-5-12(6-4-11)17-13(18)10-15;1-2-9-16-12(15)14-8-7-10-3-5-11(13)6-4-10;9-6-5-7-1-3-8(10)4-2-7;1-2-3-7-4(5)6;3-1-2(4)5;2-1-3/h2-6H,1,7-16H2,(H-,21,22,25,26);2-6H,1,7-10H2,(H,16,19)(H,17,18);2-6H,1,7-9,13H2,(H,14,15);1-4H,5-6,9-10H2;2H,1,3H2;1H2;1H2/p+1. The van der Waals surface area contributed by atoms with Gasteiger partial charge in [-0.25, -0.2) is 19.2 Å². The average molecular weight is 1350 g/mol. The fourth-order valence-electron chi connectivity index (χ4n) is 7.32. The van der Waals surface area contributed by atoms with Crippen LogP contribution in [0.2, 0.25) is 0 Å². The first-order valence-corrected chi connectivity index (χ1v) is 30.3. The summed E-state index contributed by atoms with van der Waals surface area (Å²) in [5.41, 5.74) is 23.2. The Labute approximate surface area is 546 Å². The number of carbonyl (C=O) groups is 7. The number of fused-ring (bicyclic) bond motifs is 3. The number of hydrogen-bond donors (Lipinski definition) is 8. The lowest BCUT2D eigenvalue weighted by Crippen LogP contribution is -2.68. The maximum absolute atomic E-state index is 12.5. The Balaban J connectivity index is 0.00000110. The molecule has 0 spiro atoms. The third kappa shape index (κ3) is 43.6. The summed E-state index contributed by atoms with van der Waals surface area (Å²) >= 11 is 29.2. The Morgan fingerprint density at radius 1 is 0.489 bits per heavy atom. The molecular weight excluding hydrogens is 1260 g/mol. The normalized spacial score (nSPS) is 13.5. The molecule has 0 saturated carbocycles. The van der Waals surface area contributed by atoms with Gasteiger partial charge in [-0.3, -0.25) is 19.3 Å². The van der Waals surface area contributed by atoms with Gasteiger partial charge in [0.05, 0.1) is 30.9 Å². The van der Waals surface area contributed by atoms with Gasteiger partial charge in [0, 0.05) is 73.6 Å². The molecule has 27 heteroatoms. The lowest BCUT2D eigenvalue weighted by molar-refractivity contribution is -0.933. The number of amides is 5. The van der Waals surface area contributed by atoms with E-state index in [9.17, 15) is 33.6 Å². The van der Waals surface area contributed by atoms with Crippen molar-refractivity contribution >= 4 is 133 Å². The molecule has 21 nitrogen and oxygen atoms in total. The number of ether oxygens (including phenoxy) is 4. The zero-order chi connectivity index (χ0) is 65.8. The van der Waals surface area contributed by atoms with E-state index < -0.39 is 29.0 Å². The zero-order valence-corrected chi connectivity index (χ0v) is 53.9. The number of nitrogens with one attached hydrogen (secondary N) is 5. The number of nitrogens with two attached hydrogens (primary N) is 3. The molecule has 3 fully saturated rings. The fraction of sp³-hybridized carbons (Fsp3) is 0.361. The van der Waals surface area contributed by atoms with E-state index in [0.29, 0.717) is 51.3 Å². The summed E-state index contributed by atoms with van der Waals surface area (Å²) < 4.78 is 19.5. The van der Waals surface area contributed by atoms with Crippen molar-refractivity contribution in [2.24, 2.45) is 5.73 Å². The van der Waals surface area contributed by atoms with Crippen LogP contribution in [0, 0.1) is 0 Å². The Kier molecular flexibility index (Phi) is 47.8. The summed E-state index contributed by atoms with van der Waals surface area (Å²) in [7, 11) is 0. The van der Waals surface area contributed by atoms with Crippen molar-refractivity contribution in [1.29, 1.82) is 0 Å². The van der Waals surface area contributed by atoms with Crippen molar-refractivity contribution in [3.63, 3.8) is 0 Å². The highest BCUT2D eigenvalue weighted by atomic mass is 35.5. The van der Waals surface area contributed by atoms with E-state index in [4.69, 9.17) is 101 Å². The molecule has 3 aliphatic heterocycles. The molecule has 0 atom stereocenters. The second-order valence-electron chi connectivity index (χ2n) is 18.3. The molecule has 2 bridgehead atoms. The van der Waals surface area contributed by atoms with Crippen LogP contribution in [0.25, 0.3) is 0 Å². The number of carbonyl (C=O) groups excluding carboxylic acids is 7. The second-order valence-corrected chi connectivity index (χ2v) is 20.3. The molecule has 3 heterocycles. The molecule has 484 valence electrons. The van der Waals surface area contributed by atoms with Crippen LogP contribution in [0.3, 0.4) is 0 Å². The Hall–Kier alpha value is -7.05. The number of anilines is 4. The van der Waals surface area contributed by atoms with Gasteiger partial charge >= 0.3 is 23.7 Å². The molecule has 4 aromatic rings. The molecule has 0 radical (unpaired) electrons. The summed E-state index contributed by atoms with van der Waals surface area (Å²) in [4.78, 5) is 78.7. The van der Waals surface area contributed by atoms with Crippen molar-refractivity contribution < 1.29 is 57.0 Å². The van der Waals surface area contributed by atoms with Crippen LogP contribution in [0.15, 0.2) is 148 Å². The highest BCUT2D eigenvalue weighted by Gasteiger charge is 2.39. The number of nitrogens with zero attached hydrogens (tertiary/aromatic N) is 2. The largest absolute Gasteiger partial charge is 0.449 e. The van der Waals surface area contributed by atoms with Gasteiger partial charge in [0.15, 0.2) is 6.54 Å². The number of nitrogen functional groups attached to an aromatic ring is 2. The van der Waals surface area contributed by atoms with Crippen molar-refractivity contribution in [2.45, 2.75) is 25.7 Å². The third-order valence-corrected chi connectivity index (χ3v) is 12.5. The van der Waals surface area contributed by atoms with Gasteiger partial charge in [0.2, 0.25) is 11.1 Å². The monoisotopic (exact) mass is 1340 g/mol. The summed E-state index contributed by atoms with van der Waals surface area (Å²) in [5, 5.41) is 13.3. The molecule has 0 unspecified atom stereocenters. The summed E-state index contributed by atoms with van der Waals surface area (Å²) in [6.45, 7) is 23.8. The fourth-order valence-corrected chi connectivity index (χ4v) is 7.45. The van der Waals surface area contributed by atoms with Gasteiger partial charge in [-0.1, -0.05) is 99.2 Å². The van der Waals surface area contributed by atoms with E-state index in [-0.39, 0.29) is 55.3 Å². The first-order valence-electron chi connectivity index (χ1n) is 27.4. The van der Waals surface area contributed by atoms with Gasteiger partial charge < -0.3 is 67.2 Å². The molecule has 7 rings (SSSR count). The number of piperazine rings is 3. The lowest BCUT2D eigenvalue weighted by Gasteiger charge is -2.50. The molecule has 3 saturated heterocycles. The van der Waals surface area contributed by atoms with Gasteiger partial charge in [0.1, 0.15) is 32.3 Å². The molecule has 4 aromatic carbocycles. The number of quaternary nitrogens is 1. The Bertz CT molecular complexity index is 2640. The maximum Gasteiger partial charge on any atom is 0.407 e. The van der Waals surface area contributed by atoms with E-state index in [0.717, 1.165) is 90.3 Å². The van der Waals surface area contributed by atoms with Crippen LogP contribution >= 0.6 is 69.6 Å². The number of benzene rings is 4. The van der Waals surface area contributed by atoms with E-state index in [1.54, 1.807) is 12.1 Å². The smallest absolute Gasteiger partial charge is 0.407 e. The minimum absolute atomic E-state index is 0.0709. The van der Waals surface area contributed by atoms with Crippen LogP contribution in [0.1, 0.15) is 22.3 Å². The lowest BCUT2D eigenvalue weighted by atomic mass is 10.1. The van der Waals surface area contributed by atoms with Gasteiger partial charge in [0.25, 0.3) is 5.91 Å². The molecule has 0 aliphatic carbocycles. The molecule has 11 N–H and O–H groups in total. The van der Waals surface area contributed by atoms with Crippen molar-refractivity contribution in [1.82, 2.24) is 20.9 Å². The van der Waals surface area contributed by atoms with Gasteiger partial charge in [-0.05, 0) is 115 Å². The highest BCUT2D eigenvalue weighted by molar-refractivity contribution is 6.67. The molecule has 0 aromatic heterocycles. The summed E-state index contributed by atoms with van der Waals surface area (Å²) in [6.07, 6.45) is 7.75. The quantitative estimate of drug-likeness (QED) is 0.00764. The number of halogens is 6. The van der Waals surface area contributed by atoms with E-state index in [2.05, 4.69) is 62.5 Å². The van der Waals surface area contributed by atoms with Crippen molar-refractivity contribution in [3.05, 3.63) is 170 Å². The second kappa shape index (κ2) is 51.9. The SMILES string of the molecule is C=CCOC(=O)Cl.C=CCOC(=O)NCCc1ccc(N)cc1.C=CCOC(=O)NCCc1ccc(NC(=O)CCl)cc1.C=CCOC(=O)NCCc1ccc(NC(=O)C[N+]23CCN(CC2)CC3)cc1.ClCCl.NCCc1ccc(N)cc1.O=C(Cl)CCl. The predicted octanol–water partition coefficient (Wildman–Crippen LogP) is 10.00. The number of alkyl halides is 4. The minimum Gasteiger partial charge on any atom is -0.449 e. The summed E-state index contributed by atoms with van der Waals surface area (Å²) in [6, 6.07) is 30.4. The van der Waals surface area contributed by atoms with Crippen molar-refractivity contribution in [3.8, 4) is 0 Å². The molecule has 3 aliphatic rings. The van der Waals surface area contributed by atoms with Crippen molar-refractivity contribution in [2.75, 3.05) is 138 Å². The van der Waals surface area contributed by atoms with E-state index >= 15 is 0 Å². The van der Waals surface area contributed by atoms with E-state index in [1.807, 2.05) is 84.9 Å². The number of hydrogen-bond acceptors (Lipinski definition) is 15. The Morgan fingerprint density at radius 2 is 0.795 bits per heavy atom. The predicted molar refractivity (Wildman–Crippen MR) is 357 cm³/mol. The number of rotatable bonds is 25. The van der Waals surface area contributed by atoms with Gasteiger partial charge in [-0.15, -0.1) is 46.4 Å². The molecule has 88 heavy (non-hydrogen) atoms. The third-order valence-electron chi connectivity index (χ3n) is 11.6. The van der Waals surface area contributed by atoms with E-state index in [1.165, 1.54) is 29.9 Å². The van der Waals surface area contributed by atoms with Crippen LogP contribution in [0.4, 0.5) is 41.9 Å².